The van der Waals surface area contributed by atoms with Crippen molar-refractivity contribution in [2.45, 2.75) is 26.2 Å². The van der Waals surface area contributed by atoms with E-state index in [9.17, 15) is 4.79 Å². The molecule has 3 nitrogen and oxygen atoms in total. The zero-order valence-corrected chi connectivity index (χ0v) is 9.45. The van der Waals surface area contributed by atoms with E-state index >= 15 is 0 Å². The van der Waals surface area contributed by atoms with Crippen LogP contribution in [0.5, 0.6) is 0 Å². The third-order valence-corrected chi connectivity index (χ3v) is 2.75. The summed E-state index contributed by atoms with van der Waals surface area (Å²) < 4.78 is 0. The first-order chi connectivity index (χ1) is 7.59. The lowest BCUT2D eigenvalue weighted by molar-refractivity contribution is -0.136. The van der Waals surface area contributed by atoms with Crippen molar-refractivity contribution in [3.63, 3.8) is 0 Å². The van der Waals surface area contributed by atoms with Gasteiger partial charge in [0.15, 0.2) is 0 Å². The van der Waals surface area contributed by atoms with Crippen LogP contribution in [0.4, 0.5) is 0 Å². The molecule has 0 aliphatic heterocycles. The highest BCUT2D eigenvalue weighted by molar-refractivity contribution is 5.88. The number of hydrogen-bond donors (Lipinski definition) is 2. The summed E-state index contributed by atoms with van der Waals surface area (Å²) in [5, 5.41) is 9.96. The highest BCUT2D eigenvalue weighted by atomic mass is 16.4. The number of fused-ring (bicyclic) bond motifs is 1. The molecule has 0 amide bonds. The molecule has 1 aromatic heterocycles. The predicted molar refractivity (Wildman–Crippen MR) is 63.7 cm³/mol. The molecule has 1 aromatic carbocycles. The topological polar surface area (TPSA) is 53.1 Å². The van der Waals surface area contributed by atoms with E-state index in [1.54, 1.807) is 0 Å². The van der Waals surface area contributed by atoms with Crippen LogP contribution in [0.15, 0.2) is 24.3 Å². The Morgan fingerprint density at radius 1 is 1.38 bits per heavy atom. The van der Waals surface area contributed by atoms with Gasteiger partial charge in [0.2, 0.25) is 0 Å². The average Bonchev–Trinajstić information content (AvgIpc) is 2.57. The highest BCUT2D eigenvalue weighted by Gasteiger charge is 2.15. The van der Waals surface area contributed by atoms with Gasteiger partial charge in [0, 0.05) is 16.6 Å². The fraction of sp³-hybridized carbons (Fsp3) is 0.308. The van der Waals surface area contributed by atoms with E-state index in [-0.39, 0.29) is 6.42 Å². The van der Waals surface area contributed by atoms with Crippen molar-refractivity contribution in [3.05, 3.63) is 35.5 Å². The van der Waals surface area contributed by atoms with Gasteiger partial charge in [-0.05, 0) is 17.5 Å². The van der Waals surface area contributed by atoms with E-state index < -0.39 is 5.97 Å². The average molecular weight is 217 g/mol. The number of nitrogens with one attached hydrogen (secondary N) is 1. The van der Waals surface area contributed by atoms with Gasteiger partial charge in [-0.25, -0.2) is 0 Å². The molecule has 2 aromatic rings. The van der Waals surface area contributed by atoms with Crippen LogP contribution in [0, 0.1) is 0 Å². The fourth-order valence-electron chi connectivity index (χ4n) is 2.06. The standard InChI is InChI=1S/C13H15NO2/c1-8(2)13-10(7-12(15)16)9-5-3-4-6-11(9)14-13/h3-6,8,14H,7H2,1-2H3,(H,15,16). The van der Waals surface area contributed by atoms with E-state index in [1.165, 1.54) is 0 Å². The second-order valence-corrected chi connectivity index (χ2v) is 4.29. The smallest absolute Gasteiger partial charge is 0.307 e. The lowest BCUT2D eigenvalue weighted by Crippen LogP contribution is -2.03. The first-order valence-electron chi connectivity index (χ1n) is 5.41. The molecule has 0 bridgehead atoms. The van der Waals surface area contributed by atoms with Crippen molar-refractivity contribution in [1.29, 1.82) is 0 Å². The highest BCUT2D eigenvalue weighted by Crippen LogP contribution is 2.27. The molecule has 1 heterocycles. The maximum Gasteiger partial charge on any atom is 0.307 e. The van der Waals surface area contributed by atoms with Crippen LogP contribution >= 0.6 is 0 Å². The molecular formula is C13H15NO2. The Balaban J connectivity index is 2.64. The van der Waals surface area contributed by atoms with Crippen molar-refractivity contribution in [2.24, 2.45) is 0 Å². The Morgan fingerprint density at radius 3 is 2.69 bits per heavy atom. The quantitative estimate of drug-likeness (QED) is 0.830. The molecule has 84 valence electrons. The Hall–Kier alpha value is -1.77. The molecule has 0 aliphatic carbocycles. The van der Waals surface area contributed by atoms with Crippen molar-refractivity contribution in [1.82, 2.24) is 4.98 Å². The van der Waals surface area contributed by atoms with Gasteiger partial charge in [-0.3, -0.25) is 4.79 Å². The Bertz CT molecular complexity index is 526. The third kappa shape index (κ3) is 1.81. The minimum atomic E-state index is -0.786. The minimum absolute atomic E-state index is 0.0809. The lowest BCUT2D eigenvalue weighted by Gasteiger charge is -2.05. The number of carbonyl (C=O) groups is 1. The molecule has 0 unspecified atom stereocenters. The summed E-state index contributed by atoms with van der Waals surface area (Å²) >= 11 is 0. The van der Waals surface area contributed by atoms with Crippen LogP contribution in [0.1, 0.15) is 31.0 Å². The Labute approximate surface area is 94.1 Å². The number of aliphatic carboxylic acids is 1. The molecule has 16 heavy (non-hydrogen) atoms. The lowest BCUT2D eigenvalue weighted by atomic mass is 10.0. The van der Waals surface area contributed by atoms with Crippen molar-refractivity contribution in [3.8, 4) is 0 Å². The Kier molecular flexibility index (Phi) is 2.69. The van der Waals surface area contributed by atoms with Crippen LogP contribution in [0.3, 0.4) is 0 Å². The summed E-state index contributed by atoms with van der Waals surface area (Å²) in [7, 11) is 0. The summed E-state index contributed by atoms with van der Waals surface area (Å²) in [5.41, 5.74) is 2.96. The molecule has 0 saturated heterocycles. The van der Waals surface area contributed by atoms with Gasteiger partial charge in [0.1, 0.15) is 0 Å². The van der Waals surface area contributed by atoms with Gasteiger partial charge in [0.05, 0.1) is 6.42 Å². The summed E-state index contributed by atoms with van der Waals surface area (Å²) in [6.07, 6.45) is 0.0809. The molecular weight excluding hydrogens is 202 g/mol. The maximum absolute atomic E-state index is 10.9. The molecule has 0 radical (unpaired) electrons. The molecule has 0 saturated carbocycles. The summed E-state index contributed by atoms with van der Waals surface area (Å²) in [6.45, 7) is 4.13. The van der Waals surface area contributed by atoms with Gasteiger partial charge in [-0.15, -0.1) is 0 Å². The van der Waals surface area contributed by atoms with E-state index in [0.717, 1.165) is 22.2 Å². The number of benzene rings is 1. The van der Waals surface area contributed by atoms with Crippen molar-refractivity contribution >= 4 is 16.9 Å². The van der Waals surface area contributed by atoms with Crippen LogP contribution in [-0.2, 0) is 11.2 Å². The van der Waals surface area contributed by atoms with E-state index in [1.807, 2.05) is 24.3 Å². The van der Waals surface area contributed by atoms with Gasteiger partial charge >= 0.3 is 5.97 Å². The first-order valence-corrected chi connectivity index (χ1v) is 5.41. The summed E-state index contributed by atoms with van der Waals surface area (Å²) in [5.74, 6) is -0.478. The second kappa shape index (κ2) is 4.00. The van der Waals surface area contributed by atoms with Gasteiger partial charge < -0.3 is 10.1 Å². The van der Waals surface area contributed by atoms with Crippen LogP contribution in [0.25, 0.3) is 10.9 Å². The first kappa shape index (κ1) is 10.7. The van der Waals surface area contributed by atoms with Gasteiger partial charge in [-0.2, -0.15) is 0 Å². The number of rotatable bonds is 3. The number of carboxylic acid groups (broad SMARTS) is 1. The Morgan fingerprint density at radius 2 is 2.06 bits per heavy atom. The SMILES string of the molecule is CC(C)c1[nH]c2ccccc2c1CC(=O)O. The molecule has 3 heteroatoms. The van der Waals surface area contributed by atoms with Gasteiger partial charge in [-0.1, -0.05) is 32.0 Å². The fourth-order valence-corrected chi connectivity index (χ4v) is 2.06. The van der Waals surface area contributed by atoms with E-state index in [0.29, 0.717) is 5.92 Å². The van der Waals surface area contributed by atoms with Gasteiger partial charge in [0.25, 0.3) is 0 Å². The van der Waals surface area contributed by atoms with E-state index in [2.05, 4.69) is 18.8 Å². The zero-order valence-electron chi connectivity index (χ0n) is 9.45. The monoisotopic (exact) mass is 217 g/mol. The van der Waals surface area contributed by atoms with Crippen LogP contribution in [-0.4, -0.2) is 16.1 Å². The number of para-hydroxylation sites is 1. The second-order valence-electron chi connectivity index (χ2n) is 4.29. The summed E-state index contributed by atoms with van der Waals surface area (Å²) in [4.78, 5) is 14.2. The van der Waals surface area contributed by atoms with E-state index in [4.69, 9.17) is 5.11 Å². The van der Waals surface area contributed by atoms with Crippen LogP contribution < -0.4 is 0 Å². The van der Waals surface area contributed by atoms with Crippen molar-refractivity contribution in [2.75, 3.05) is 0 Å². The molecule has 0 fully saturated rings. The van der Waals surface area contributed by atoms with Crippen molar-refractivity contribution < 1.29 is 9.90 Å². The number of aromatic nitrogens is 1. The molecule has 2 N–H and O–H groups in total. The molecule has 0 spiro atoms. The number of H-pyrrole nitrogens is 1. The maximum atomic E-state index is 10.9. The number of aromatic amines is 1. The number of hydrogen-bond acceptors (Lipinski definition) is 1. The molecule has 0 atom stereocenters. The summed E-state index contributed by atoms with van der Waals surface area (Å²) in [6, 6.07) is 7.83. The normalized spacial score (nSPS) is 11.2. The molecule has 2 rings (SSSR count). The largest absolute Gasteiger partial charge is 0.481 e. The minimum Gasteiger partial charge on any atom is -0.481 e. The predicted octanol–water partition coefficient (Wildman–Crippen LogP) is 2.92. The zero-order chi connectivity index (χ0) is 11.7. The third-order valence-electron chi connectivity index (χ3n) is 2.75. The number of carboxylic acids is 1. The van der Waals surface area contributed by atoms with Crippen LogP contribution in [0.2, 0.25) is 0 Å². The molecule has 0 aliphatic rings.